The molecule has 1 aromatic carbocycles. The van der Waals surface area contributed by atoms with Crippen molar-refractivity contribution in [1.29, 1.82) is 5.26 Å². The van der Waals surface area contributed by atoms with Gasteiger partial charge in [0.15, 0.2) is 5.69 Å². The summed E-state index contributed by atoms with van der Waals surface area (Å²) in [5.74, 6) is 0.381. The standard InChI is InChI=1S/C14H15N5O2/c1-10(2)7-14-13(8-15)16-17-18(14)9-11-3-5-12(6-4-11)19(20)21/h3-6,10H,7,9H2,1-2H3. The van der Waals surface area contributed by atoms with Gasteiger partial charge in [-0.3, -0.25) is 10.1 Å². The Kier molecular flexibility index (Phi) is 4.28. The van der Waals surface area contributed by atoms with Crippen LogP contribution in [0.1, 0.15) is 30.8 Å². The summed E-state index contributed by atoms with van der Waals surface area (Å²) in [5, 5.41) is 27.6. The van der Waals surface area contributed by atoms with Crippen molar-refractivity contribution in [2.75, 3.05) is 0 Å². The topological polar surface area (TPSA) is 97.6 Å². The molecule has 0 aliphatic heterocycles. The van der Waals surface area contributed by atoms with Crippen LogP contribution in [0, 0.1) is 27.4 Å². The number of rotatable bonds is 5. The van der Waals surface area contributed by atoms with Gasteiger partial charge in [-0.15, -0.1) is 5.10 Å². The number of hydrogen-bond acceptors (Lipinski definition) is 5. The molecule has 0 bridgehead atoms. The Labute approximate surface area is 122 Å². The fourth-order valence-corrected chi connectivity index (χ4v) is 2.03. The molecule has 108 valence electrons. The van der Waals surface area contributed by atoms with Crippen LogP contribution in [0.25, 0.3) is 0 Å². The lowest BCUT2D eigenvalue weighted by Gasteiger charge is -2.08. The minimum Gasteiger partial charge on any atom is -0.258 e. The van der Waals surface area contributed by atoms with E-state index in [1.807, 2.05) is 6.07 Å². The monoisotopic (exact) mass is 285 g/mol. The minimum atomic E-state index is -0.433. The maximum atomic E-state index is 10.6. The largest absolute Gasteiger partial charge is 0.269 e. The zero-order chi connectivity index (χ0) is 15.4. The molecule has 0 spiro atoms. The number of nitro benzene ring substituents is 1. The van der Waals surface area contributed by atoms with E-state index < -0.39 is 4.92 Å². The lowest BCUT2D eigenvalue weighted by atomic mass is 10.1. The number of hydrogen-bond donors (Lipinski definition) is 0. The molecule has 21 heavy (non-hydrogen) atoms. The van der Waals surface area contributed by atoms with Crippen molar-refractivity contribution in [2.24, 2.45) is 5.92 Å². The van der Waals surface area contributed by atoms with Crippen molar-refractivity contribution in [1.82, 2.24) is 15.0 Å². The summed E-state index contributed by atoms with van der Waals surface area (Å²) in [6, 6.07) is 8.33. The van der Waals surface area contributed by atoms with Gasteiger partial charge in [0.2, 0.25) is 0 Å². The van der Waals surface area contributed by atoms with Crippen molar-refractivity contribution in [3.8, 4) is 6.07 Å². The normalized spacial score (nSPS) is 10.6. The average Bonchev–Trinajstić information content (AvgIpc) is 2.81. The molecule has 0 saturated carbocycles. The van der Waals surface area contributed by atoms with Gasteiger partial charge in [-0.1, -0.05) is 31.2 Å². The third-order valence-corrected chi connectivity index (χ3v) is 3.02. The zero-order valence-corrected chi connectivity index (χ0v) is 11.9. The number of benzene rings is 1. The first kappa shape index (κ1) is 14.7. The van der Waals surface area contributed by atoms with Gasteiger partial charge < -0.3 is 0 Å². The molecule has 1 aromatic heterocycles. The molecule has 0 aliphatic carbocycles. The van der Waals surface area contributed by atoms with Crippen LogP contribution in [0.2, 0.25) is 0 Å². The summed E-state index contributed by atoms with van der Waals surface area (Å²) >= 11 is 0. The van der Waals surface area contributed by atoms with E-state index in [2.05, 4.69) is 24.2 Å². The fourth-order valence-electron chi connectivity index (χ4n) is 2.03. The molecular formula is C14H15N5O2. The molecule has 0 unspecified atom stereocenters. The van der Waals surface area contributed by atoms with E-state index in [0.29, 0.717) is 24.6 Å². The Morgan fingerprint density at radius 2 is 2.05 bits per heavy atom. The van der Waals surface area contributed by atoms with Gasteiger partial charge in [-0.25, -0.2) is 4.68 Å². The van der Waals surface area contributed by atoms with Crippen molar-refractivity contribution < 1.29 is 4.92 Å². The van der Waals surface area contributed by atoms with E-state index in [-0.39, 0.29) is 5.69 Å². The van der Waals surface area contributed by atoms with Crippen LogP contribution in [0.4, 0.5) is 5.69 Å². The van der Waals surface area contributed by atoms with Gasteiger partial charge in [0.25, 0.3) is 5.69 Å². The molecule has 2 rings (SSSR count). The van der Waals surface area contributed by atoms with Crippen molar-refractivity contribution in [2.45, 2.75) is 26.8 Å². The van der Waals surface area contributed by atoms with Crippen LogP contribution in [0.5, 0.6) is 0 Å². The maximum Gasteiger partial charge on any atom is 0.269 e. The van der Waals surface area contributed by atoms with Gasteiger partial charge in [-0.05, 0) is 17.9 Å². The first-order chi connectivity index (χ1) is 10.0. The number of nitriles is 1. The highest BCUT2D eigenvalue weighted by molar-refractivity contribution is 5.33. The number of aromatic nitrogens is 3. The zero-order valence-electron chi connectivity index (χ0n) is 11.9. The second-order valence-electron chi connectivity index (χ2n) is 5.18. The molecule has 0 fully saturated rings. The molecule has 2 aromatic rings. The van der Waals surface area contributed by atoms with Crippen LogP contribution in [0.15, 0.2) is 24.3 Å². The van der Waals surface area contributed by atoms with E-state index in [1.54, 1.807) is 16.8 Å². The van der Waals surface area contributed by atoms with E-state index in [4.69, 9.17) is 5.26 Å². The van der Waals surface area contributed by atoms with Gasteiger partial charge >= 0.3 is 0 Å². The minimum absolute atomic E-state index is 0.0532. The SMILES string of the molecule is CC(C)Cc1c(C#N)nnn1Cc1ccc([N+](=O)[O-])cc1. The summed E-state index contributed by atoms with van der Waals surface area (Å²) in [6.07, 6.45) is 0.711. The Bertz CT molecular complexity index is 682. The van der Waals surface area contributed by atoms with Gasteiger partial charge in [0, 0.05) is 12.1 Å². The lowest BCUT2D eigenvalue weighted by Crippen LogP contribution is -2.09. The smallest absolute Gasteiger partial charge is 0.258 e. The highest BCUT2D eigenvalue weighted by atomic mass is 16.6. The number of nitro groups is 1. The summed E-state index contributed by atoms with van der Waals surface area (Å²) in [6.45, 7) is 4.56. The van der Waals surface area contributed by atoms with Crippen molar-refractivity contribution >= 4 is 5.69 Å². The second-order valence-corrected chi connectivity index (χ2v) is 5.18. The molecule has 1 heterocycles. The fraction of sp³-hybridized carbons (Fsp3) is 0.357. The quantitative estimate of drug-likeness (QED) is 0.620. The first-order valence-corrected chi connectivity index (χ1v) is 6.57. The van der Waals surface area contributed by atoms with Crippen LogP contribution < -0.4 is 0 Å². The van der Waals surface area contributed by atoms with Crippen LogP contribution in [0.3, 0.4) is 0 Å². The lowest BCUT2D eigenvalue weighted by molar-refractivity contribution is -0.384. The Morgan fingerprint density at radius 3 is 2.57 bits per heavy atom. The van der Waals surface area contributed by atoms with Gasteiger partial charge in [0.05, 0.1) is 17.2 Å². The Balaban J connectivity index is 2.25. The predicted octanol–water partition coefficient (Wildman–Crippen LogP) is 2.30. The molecule has 0 radical (unpaired) electrons. The molecule has 7 nitrogen and oxygen atoms in total. The van der Waals surface area contributed by atoms with Gasteiger partial charge in [-0.2, -0.15) is 5.26 Å². The van der Waals surface area contributed by atoms with Crippen LogP contribution in [-0.2, 0) is 13.0 Å². The maximum absolute atomic E-state index is 10.6. The highest BCUT2D eigenvalue weighted by Gasteiger charge is 2.14. The Hall–Kier alpha value is -2.75. The number of non-ortho nitro benzene ring substituents is 1. The third-order valence-electron chi connectivity index (χ3n) is 3.02. The van der Waals surface area contributed by atoms with E-state index >= 15 is 0 Å². The second kappa shape index (κ2) is 6.13. The molecule has 0 saturated heterocycles. The van der Waals surface area contributed by atoms with E-state index in [1.165, 1.54) is 12.1 Å². The summed E-state index contributed by atoms with van der Waals surface area (Å²) in [4.78, 5) is 10.2. The Morgan fingerprint density at radius 1 is 1.38 bits per heavy atom. The molecule has 0 amide bonds. The van der Waals surface area contributed by atoms with E-state index in [9.17, 15) is 10.1 Å². The van der Waals surface area contributed by atoms with Crippen LogP contribution >= 0.6 is 0 Å². The molecule has 0 N–H and O–H groups in total. The third kappa shape index (κ3) is 3.42. The van der Waals surface area contributed by atoms with Crippen molar-refractivity contribution in [3.63, 3.8) is 0 Å². The predicted molar refractivity (Wildman–Crippen MR) is 75.5 cm³/mol. The summed E-state index contributed by atoms with van der Waals surface area (Å²) < 4.78 is 1.68. The summed E-state index contributed by atoms with van der Waals surface area (Å²) in [5.41, 5.74) is 2.06. The molecular weight excluding hydrogens is 270 g/mol. The van der Waals surface area contributed by atoms with Crippen LogP contribution in [-0.4, -0.2) is 19.9 Å². The van der Waals surface area contributed by atoms with E-state index in [0.717, 1.165) is 11.3 Å². The van der Waals surface area contributed by atoms with Gasteiger partial charge in [0.1, 0.15) is 6.07 Å². The number of nitrogens with zero attached hydrogens (tertiary/aromatic N) is 5. The van der Waals surface area contributed by atoms with Crippen molar-refractivity contribution in [3.05, 3.63) is 51.3 Å². The first-order valence-electron chi connectivity index (χ1n) is 6.57. The molecule has 0 atom stereocenters. The molecule has 7 heteroatoms. The average molecular weight is 285 g/mol. The summed E-state index contributed by atoms with van der Waals surface area (Å²) in [7, 11) is 0. The molecule has 0 aliphatic rings. The highest BCUT2D eigenvalue weighted by Crippen LogP contribution is 2.16.